The molecule has 0 spiro atoms. The Morgan fingerprint density at radius 3 is 2.68 bits per heavy atom. The number of hydrogen-bond acceptors (Lipinski definition) is 6. The third-order valence-electron chi connectivity index (χ3n) is 5.15. The fourth-order valence-electron chi connectivity index (χ4n) is 3.63. The summed E-state index contributed by atoms with van der Waals surface area (Å²) in [6.07, 6.45) is 11.2. The number of carbonyl (C=O) groups excluding carboxylic acids is 1. The van der Waals surface area contributed by atoms with Crippen LogP contribution in [-0.4, -0.2) is 36.5 Å². The second-order valence-corrected chi connectivity index (χ2v) is 7.21. The molecule has 28 heavy (non-hydrogen) atoms. The Balaban J connectivity index is 1.57. The van der Waals surface area contributed by atoms with Crippen LogP contribution in [0.4, 0.5) is 11.5 Å². The van der Waals surface area contributed by atoms with Crippen LogP contribution in [0.3, 0.4) is 0 Å². The van der Waals surface area contributed by atoms with E-state index in [9.17, 15) is 4.79 Å². The van der Waals surface area contributed by atoms with Crippen molar-refractivity contribution in [2.45, 2.75) is 37.8 Å². The molecule has 2 unspecified atom stereocenters. The van der Waals surface area contributed by atoms with Crippen LogP contribution < -0.4 is 16.8 Å². The summed E-state index contributed by atoms with van der Waals surface area (Å²) in [5.74, 6) is -0.112. The summed E-state index contributed by atoms with van der Waals surface area (Å²) in [5, 5.41) is 11.9. The molecule has 3 heterocycles. The molecule has 9 heteroatoms. The van der Waals surface area contributed by atoms with E-state index in [0.29, 0.717) is 17.1 Å². The number of nitrogens with two attached hydrogens (primary N) is 2. The van der Waals surface area contributed by atoms with E-state index in [-0.39, 0.29) is 12.1 Å². The van der Waals surface area contributed by atoms with Crippen LogP contribution in [-0.2, 0) is 7.05 Å². The maximum atomic E-state index is 11.9. The minimum atomic E-state index is -0.530. The number of primary amides is 1. The van der Waals surface area contributed by atoms with Gasteiger partial charge in [0.25, 0.3) is 5.91 Å². The van der Waals surface area contributed by atoms with E-state index in [4.69, 9.17) is 11.5 Å². The van der Waals surface area contributed by atoms with Crippen molar-refractivity contribution < 1.29 is 4.79 Å². The lowest BCUT2D eigenvalue weighted by molar-refractivity contribution is 0.100. The van der Waals surface area contributed by atoms with Crippen LogP contribution in [0, 0.1) is 0 Å². The normalized spacial score (nSPS) is 19.5. The summed E-state index contributed by atoms with van der Waals surface area (Å²) >= 11 is 0. The second-order valence-electron chi connectivity index (χ2n) is 7.21. The lowest BCUT2D eigenvalue weighted by Crippen LogP contribution is -2.35. The van der Waals surface area contributed by atoms with E-state index < -0.39 is 5.91 Å². The van der Waals surface area contributed by atoms with E-state index in [0.717, 1.165) is 36.9 Å². The van der Waals surface area contributed by atoms with Crippen LogP contribution in [0.25, 0.3) is 11.3 Å². The SMILES string of the molecule is Cn1cc(-c2ccc(Nc3nn(C4CCCCC4N)cc3C(N)=O)cn2)cn1. The summed E-state index contributed by atoms with van der Waals surface area (Å²) in [6, 6.07) is 3.87. The largest absolute Gasteiger partial charge is 0.365 e. The lowest BCUT2D eigenvalue weighted by Gasteiger charge is -2.28. The number of pyridine rings is 1. The Morgan fingerprint density at radius 2 is 2.04 bits per heavy atom. The highest BCUT2D eigenvalue weighted by atomic mass is 16.1. The van der Waals surface area contributed by atoms with Gasteiger partial charge in [0.05, 0.1) is 29.8 Å². The zero-order valence-electron chi connectivity index (χ0n) is 15.7. The first-order valence-corrected chi connectivity index (χ1v) is 9.38. The Bertz CT molecular complexity index is 974. The molecule has 1 amide bonds. The topological polar surface area (TPSA) is 130 Å². The van der Waals surface area contributed by atoms with Gasteiger partial charge < -0.3 is 16.8 Å². The minimum absolute atomic E-state index is 0.0302. The minimum Gasteiger partial charge on any atom is -0.365 e. The van der Waals surface area contributed by atoms with Gasteiger partial charge in [-0.15, -0.1) is 0 Å². The molecule has 2 atom stereocenters. The van der Waals surface area contributed by atoms with Crippen molar-refractivity contribution >= 4 is 17.4 Å². The Kier molecular flexibility index (Phi) is 4.82. The fourth-order valence-corrected chi connectivity index (χ4v) is 3.63. The number of rotatable bonds is 5. The molecule has 0 radical (unpaired) electrons. The number of aromatic nitrogens is 5. The van der Waals surface area contributed by atoms with Gasteiger partial charge in [0, 0.05) is 31.0 Å². The molecule has 0 aliphatic heterocycles. The highest BCUT2D eigenvalue weighted by molar-refractivity contribution is 5.98. The zero-order chi connectivity index (χ0) is 19.7. The van der Waals surface area contributed by atoms with Crippen molar-refractivity contribution in [2.24, 2.45) is 18.5 Å². The first-order valence-electron chi connectivity index (χ1n) is 9.38. The molecule has 1 fully saturated rings. The predicted octanol–water partition coefficient (Wildman–Crippen LogP) is 1.96. The monoisotopic (exact) mass is 380 g/mol. The maximum absolute atomic E-state index is 11.9. The quantitative estimate of drug-likeness (QED) is 0.620. The second kappa shape index (κ2) is 7.43. The van der Waals surface area contributed by atoms with E-state index >= 15 is 0 Å². The molecule has 0 bridgehead atoms. The summed E-state index contributed by atoms with van der Waals surface area (Å²) in [4.78, 5) is 16.4. The van der Waals surface area contributed by atoms with E-state index in [1.54, 1.807) is 28.0 Å². The number of hydrogen-bond donors (Lipinski definition) is 3. The van der Waals surface area contributed by atoms with Crippen LogP contribution >= 0.6 is 0 Å². The third kappa shape index (κ3) is 3.61. The van der Waals surface area contributed by atoms with Crippen molar-refractivity contribution in [3.63, 3.8) is 0 Å². The molecular formula is C19H24N8O. The molecule has 1 aliphatic carbocycles. The highest BCUT2D eigenvalue weighted by Crippen LogP contribution is 2.29. The van der Waals surface area contributed by atoms with Crippen molar-refractivity contribution in [3.8, 4) is 11.3 Å². The number of nitrogens with zero attached hydrogens (tertiary/aromatic N) is 5. The van der Waals surface area contributed by atoms with E-state index in [2.05, 4.69) is 20.5 Å². The van der Waals surface area contributed by atoms with E-state index in [1.807, 2.05) is 25.4 Å². The van der Waals surface area contributed by atoms with Crippen LogP contribution in [0.15, 0.2) is 36.9 Å². The summed E-state index contributed by atoms with van der Waals surface area (Å²) in [6.45, 7) is 0. The van der Waals surface area contributed by atoms with E-state index in [1.165, 1.54) is 0 Å². The molecular weight excluding hydrogens is 356 g/mol. The van der Waals surface area contributed by atoms with Crippen molar-refractivity contribution in [2.75, 3.05) is 5.32 Å². The Morgan fingerprint density at radius 1 is 1.21 bits per heavy atom. The van der Waals surface area contributed by atoms with Gasteiger partial charge in [0.1, 0.15) is 5.56 Å². The molecule has 9 nitrogen and oxygen atoms in total. The molecule has 3 aromatic heterocycles. The van der Waals surface area contributed by atoms with Crippen molar-refractivity contribution in [3.05, 3.63) is 42.5 Å². The molecule has 0 saturated heterocycles. The van der Waals surface area contributed by atoms with Gasteiger partial charge in [0.2, 0.25) is 0 Å². The average molecular weight is 380 g/mol. The number of carbonyl (C=O) groups is 1. The van der Waals surface area contributed by atoms with Crippen LogP contribution in [0.1, 0.15) is 42.1 Å². The molecule has 1 aliphatic rings. The molecule has 5 N–H and O–H groups in total. The number of amides is 1. The fraction of sp³-hybridized carbons (Fsp3) is 0.368. The van der Waals surface area contributed by atoms with Gasteiger partial charge in [-0.1, -0.05) is 12.8 Å². The first-order chi connectivity index (χ1) is 13.5. The van der Waals surface area contributed by atoms with Gasteiger partial charge in [-0.25, -0.2) is 0 Å². The summed E-state index contributed by atoms with van der Waals surface area (Å²) in [7, 11) is 1.86. The number of anilines is 2. The van der Waals surface area contributed by atoms with Gasteiger partial charge in [0.15, 0.2) is 5.82 Å². The van der Waals surface area contributed by atoms with Gasteiger partial charge >= 0.3 is 0 Å². The smallest absolute Gasteiger partial charge is 0.254 e. The Hall–Kier alpha value is -3.20. The van der Waals surface area contributed by atoms with Gasteiger partial charge in [-0.3, -0.25) is 19.1 Å². The molecule has 146 valence electrons. The zero-order valence-corrected chi connectivity index (χ0v) is 15.7. The van der Waals surface area contributed by atoms with Crippen molar-refractivity contribution in [1.82, 2.24) is 24.5 Å². The van der Waals surface area contributed by atoms with Crippen LogP contribution in [0.5, 0.6) is 0 Å². The summed E-state index contributed by atoms with van der Waals surface area (Å²) in [5.41, 5.74) is 14.6. The van der Waals surface area contributed by atoms with Gasteiger partial charge in [-0.05, 0) is 25.0 Å². The number of aryl methyl sites for hydroxylation is 1. The summed E-state index contributed by atoms with van der Waals surface area (Å²) < 4.78 is 3.51. The molecule has 0 aromatic carbocycles. The maximum Gasteiger partial charge on any atom is 0.254 e. The third-order valence-corrected chi connectivity index (χ3v) is 5.15. The highest BCUT2D eigenvalue weighted by Gasteiger charge is 2.26. The Labute approximate surface area is 162 Å². The first kappa shape index (κ1) is 18.2. The average Bonchev–Trinajstić information content (AvgIpc) is 3.29. The predicted molar refractivity (Wildman–Crippen MR) is 106 cm³/mol. The number of nitrogens with one attached hydrogen (secondary N) is 1. The molecule has 1 saturated carbocycles. The van der Waals surface area contributed by atoms with Crippen LogP contribution in [0.2, 0.25) is 0 Å². The van der Waals surface area contributed by atoms with Gasteiger partial charge in [-0.2, -0.15) is 10.2 Å². The standard InChI is InChI=1S/C19H24N8O/c1-26-10-12(8-23-26)16-7-6-13(9-22-16)24-19-14(18(21)28)11-27(25-19)17-5-3-2-4-15(17)20/h6-11,15,17H,2-5,20H2,1H3,(H2,21,28)(H,24,25). The lowest BCUT2D eigenvalue weighted by atomic mass is 9.91. The van der Waals surface area contributed by atoms with Crippen molar-refractivity contribution in [1.29, 1.82) is 0 Å². The molecule has 4 rings (SSSR count). The molecule has 3 aromatic rings.